The van der Waals surface area contributed by atoms with Gasteiger partial charge in [-0.2, -0.15) is 0 Å². The van der Waals surface area contributed by atoms with Gasteiger partial charge in [0.1, 0.15) is 5.76 Å². The summed E-state index contributed by atoms with van der Waals surface area (Å²) in [6.07, 6.45) is 1.96. The van der Waals surface area contributed by atoms with Crippen LogP contribution in [0.1, 0.15) is 40.1 Å². The standard InChI is InChI=1S/C17H19NO3/c1-12-5-6-14(10-13(12)2)16(19)7-8-17(20)18-11-15-4-3-9-21-15/h3-6,9-10H,7-8,11H2,1-2H3,(H,18,20). The number of aryl methyl sites for hydroxylation is 2. The molecular weight excluding hydrogens is 266 g/mol. The largest absolute Gasteiger partial charge is 0.467 e. The van der Waals surface area contributed by atoms with E-state index in [1.807, 2.05) is 32.0 Å². The van der Waals surface area contributed by atoms with Gasteiger partial charge in [-0.3, -0.25) is 9.59 Å². The number of hydrogen-bond donors (Lipinski definition) is 1. The molecule has 0 saturated heterocycles. The first kappa shape index (κ1) is 15.0. The first-order valence-electron chi connectivity index (χ1n) is 6.96. The van der Waals surface area contributed by atoms with Gasteiger partial charge in [-0.1, -0.05) is 12.1 Å². The van der Waals surface area contributed by atoms with Crippen molar-refractivity contribution in [3.63, 3.8) is 0 Å². The number of Topliss-reactive ketones (excluding diaryl/α,β-unsaturated/α-hetero) is 1. The highest BCUT2D eigenvalue weighted by atomic mass is 16.3. The van der Waals surface area contributed by atoms with Crippen LogP contribution >= 0.6 is 0 Å². The fraction of sp³-hybridized carbons (Fsp3) is 0.294. The fourth-order valence-corrected chi connectivity index (χ4v) is 1.97. The first-order chi connectivity index (χ1) is 10.1. The van der Waals surface area contributed by atoms with E-state index in [-0.39, 0.29) is 24.5 Å². The van der Waals surface area contributed by atoms with Crippen LogP contribution in [-0.2, 0) is 11.3 Å². The SMILES string of the molecule is Cc1ccc(C(=O)CCC(=O)NCc2ccco2)cc1C. The number of amides is 1. The van der Waals surface area contributed by atoms with Gasteiger partial charge >= 0.3 is 0 Å². The Morgan fingerprint density at radius 3 is 2.57 bits per heavy atom. The number of ketones is 1. The zero-order chi connectivity index (χ0) is 15.2. The average Bonchev–Trinajstić information content (AvgIpc) is 2.98. The molecule has 1 heterocycles. The zero-order valence-electron chi connectivity index (χ0n) is 12.3. The van der Waals surface area contributed by atoms with Crippen molar-refractivity contribution < 1.29 is 14.0 Å². The van der Waals surface area contributed by atoms with Gasteiger partial charge in [0.05, 0.1) is 12.8 Å². The Morgan fingerprint density at radius 1 is 1.10 bits per heavy atom. The molecule has 4 nitrogen and oxygen atoms in total. The lowest BCUT2D eigenvalue weighted by molar-refractivity contribution is -0.121. The second-order valence-electron chi connectivity index (χ2n) is 5.08. The molecule has 0 bridgehead atoms. The lowest BCUT2D eigenvalue weighted by Gasteiger charge is -2.05. The van der Waals surface area contributed by atoms with Crippen LogP contribution in [0.4, 0.5) is 0 Å². The molecule has 0 fully saturated rings. The molecule has 4 heteroatoms. The number of nitrogens with one attached hydrogen (secondary N) is 1. The number of benzene rings is 1. The number of hydrogen-bond acceptors (Lipinski definition) is 3. The lowest BCUT2D eigenvalue weighted by atomic mass is 10.0. The van der Waals surface area contributed by atoms with E-state index in [0.29, 0.717) is 17.9 Å². The van der Waals surface area contributed by atoms with Gasteiger partial charge in [0.15, 0.2) is 5.78 Å². The van der Waals surface area contributed by atoms with Crippen molar-refractivity contribution in [3.05, 3.63) is 59.0 Å². The quantitative estimate of drug-likeness (QED) is 0.829. The van der Waals surface area contributed by atoms with Gasteiger partial charge in [-0.25, -0.2) is 0 Å². The van der Waals surface area contributed by atoms with Crippen molar-refractivity contribution in [1.29, 1.82) is 0 Å². The van der Waals surface area contributed by atoms with Crippen molar-refractivity contribution in [2.24, 2.45) is 0 Å². The minimum atomic E-state index is -0.149. The number of furan rings is 1. The molecule has 2 rings (SSSR count). The van der Waals surface area contributed by atoms with Crippen LogP contribution in [0, 0.1) is 13.8 Å². The molecule has 0 atom stereocenters. The summed E-state index contributed by atoms with van der Waals surface area (Å²) in [5.74, 6) is 0.540. The summed E-state index contributed by atoms with van der Waals surface area (Å²) in [5, 5.41) is 2.73. The number of carbonyl (C=O) groups is 2. The maximum Gasteiger partial charge on any atom is 0.220 e. The third kappa shape index (κ3) is 4.31. The number of carbonyl (C=O) groups excluding carboxylic acids is 2. The highest BCUT2D eigenvalue weighted by Gasteiger charge is 2.10. The maximum absolute atomic E-state index is 12.0. The fourth-order valence-electron chi connectivity index (χ4n) is 1.97. The monoisotopic (exact) mass is 285 g/mol. The van der Waals surface area contributed by atoms with E-state index in [4.69, 9.17) is 4.42 Å². The van der Waals surface area contributed by atoms with Crippen LogP contribution in [0.5, 0.6) is 0 Å². The van der Waals surface area contributed by atoms with Crippen LogP contribution in [0.15, 0.2) is 41.0 Å². The summed E-state index contributed by atoms with van der Waals surface area (Å²) >= 11 is 0. The highest BCUT2D eigenvalue weighted by Crippen LogP contribution is 2.12. The second-order valence-corrected chi connectivity index (χ2v) is 5.08. The van der Waals surface area contributed by atoms with Crippen molar-refractivity contribution in [1.82, 2.24) is 5.32 Å². The molecule has 1 N–H and O–H groups in total. The van der Waals surface area contributed by atoms with E-state index in [9.17, 15) is 9.59 Å². The molecule has 0 aliphatic carbocycles. The van der Waals surface area contributed by atoms with Crippen molar-refractivity contribution in [2.75, 3.05) is 0 Å². The molecule has 1 amide bonds. The molecule has 0 aliphatic heterocycles. The van der Waals surface area contributed by atoms with E-state index in [2.05, 4.69) is 5.32 Å². The molecule has 0 radical (unpaired) electrons. The summed E-state index contributed by atoms with van der Waals surface area (Å²) in [4.78, 5) is 23.7. The van der Waals surface area contributed by atoms with Crippen molar-refractivity contribution in [3.8, 4) is 0 Å². The van der Waals surface area contributed by atoms with E-state index < -0.39 is 0 Å². The normalized spacial score (nSPS) is 10.4. The molecule has 1 aromatic heterocycles. The van der Waals surface area contributed by atoms with Gasteiger partial charge in [-0.15, -0.1) is 0 Å². The molecule has 0 unspecified atom stereocenters. The predicted molar refractivity (Wildman–Crippen MR) is 80.0 cm³/mol. The van der Waals surface area contributed by atoms with Crippen LogP contribution in [0.3, 0.4) is 0 Å². The molecule has 1 aromatic carbocycles. The molecule has 21 heavy (non-hydrogen) atoms. The Hall–Kier alpha value is -2.36. The van der Waals surface area contributed by atoms with E-state index in [1.54, 1.807) is 18.4 Å². The Balaban J connectivity index is 1.80. The molecular formula is C17H19NO3. The van der Waals surface area contributed by atoms with Crippen molar-refractivity contribution in [2.45, 2.75) is 33.2 Å². The third-order valence-corrected chi connectivity index (χ3v) is 3.45. The molecule has 2 aromatic rings. The van der Waals surface area contributed by atoms with Gasteiger partial charge in [-0.05, 0) is 43.2 Å². The van der Waals surface area contributed by atoms with Gasteiger partial charge in [0.25, 0.3) is 0 Å². The summed E-state index contributed by atoms with van der Waals surface area (Å²) < 4.78 is 5.12. The summed E-state index contributed by atoms with van der Waals surface area (Å²) in [7, 11) is 0. The molecule has 0 aliphatic rings. The predicted octanol–water partition coefficient (Wildman–Crippen LogP) is 3.18. The average molecular weight is 285 g/mol. The Labute approximate surface area is 124 Å². The van der Waals surface area contributed by atoms with E-state index >= 15 is 0 Å². The zero-order valence-corrected chi connectivity index (χ0v) is 12.3. The summed E-state index contributed by atoms with van der Waals surface area (Å²) in [5.41, 5.74) is 2.91. The van der Waals surface area contributed by atoms with Crippen molar-refractivity contribution >= 4 is 11.7 Å². The topological polar surface area (TPSA) is 59.3 Å². The highest BCUT2D eigenvalue weighted by molar-refractivity contribution is 5.98. The third-order valence-electron chi connectivity index (χ3n) is 3.45. The maximum atomic E-state index is 12.0. The molecule has 0 spiro atoms. The second kappa shape index (κ2) is 6.88. The Bertz CT molecular complexity index is 629. The van der Waals surface area contributed by atoms with Crippen LogP contribution in [0.25, 0.3) is 0 Å². The number of rotatable bonds is 6. The van der Waals surface area contributed by atoms with Crippen LogP contribution in [-0.4, -0.2) is 11.7 Å². The van der Waals surface area contributed by atoms with Gasteiger partial charge < -0.3 is 9.73 Å². The minimum absolute atomic E-state index is 0.00810. The Morgan fingerprint density at radius 2 is 1.90 bits per heavy atom. The first-order valence-corrected chi connectivity index (χ1v) is 6.96. The minimum Gasteiger partial charge on any atom is -0.467 e. The molecule has 110 valence electrons. The van der Waals surface area contributed by atoms with Gasteiger partial charge in [0.2, 0.25) is 5.91 Å². The smallest absolute Gasteiger partial charge is 0.220 e. The lowest BCUT2D eigenvalue weighted by Crippen LogP contribution is -2.23. The molecule has 0 saturated carbocycles. The summed E-state index contributed by atoms with van der Waals surface area (Å²) in [6, 6.07) is 9.18. The van der Waals surface area contributed by atoms with Gasteiger partial charge in [0, 0.05) is 18.4 Å². The van der Waals surface area contributed by atoms with Crippen LogP contribution in [0.2, 0.25) is 0 Å². The van der Waals surface area contributed by atoms with E-state index in [0.717, 1.165) is 11.1 Å². The van der Waals surface area contributed by atoms with E-state index in [1.165, 1.54) is 0 Å². The summed E-state index contributed by atoms with van der Waals surface area (Å²) in [6.45, 7) is 4.33. The Kier molecular flexibility index (Phi) is 4.93. The van der Waals surface area contributed by atoms with Crippen LogP contribution < -0.4 is 5.32 Å².